The van der Waals surface area contributed by atoms with Crippen molar-refractivity contribution < 1.29 is 8.42 Å². The minimum absolute atomic E-state index is 0.109. The fraction of sp³-hybridized carbons (Fsp3) is 1.00. The summed E-state index contributed by atoms with van der Waals surface area (Å²) in [7, 11) is -2.87. The largest absolute Gasteiger partial charge is 0.314 e. The van der Waals surface area contributed by atoms with E-state index in [1.165, 1.54) is 25.5 Å². The molecule has 0 spiro atoms. The molecule has 0 aromatic carbocycles. The van der Waals surface area contributed by atoms with Crippen LogP contribution in [0.3, 0.4) is 0 Å². The van der Waals surface area contributed by atoms with Gasteiger partial charge in [0.15, 0.2) is 0 Å². The monoisotopic (exact) mass is 316 g/mol. The Labute approximate surface area is 130 Å². The minimum atomic E-state index is -2.87. The first-order valence-electron chi connectivity index (χ1n) is 8.58. The lowest BCUT2D eigenvalue weighted by molar-refractivity contribution is 0.0872. The van der Waals surface area contributed by atoms with E-state index in [4.69, 9.17) is 0 Å². The number of sulfone groups is 1. The first-order valence-corrected chi connectivity index (χ1v) is 10.5. The number of likely N-dealkylation sites (tertiary alicyclic amines) is 1. The first-order chi connectivity index (χ1) is 9.91. The average Bonchev–Trinajstić information content (AvgIpc) is 2.47. The maximum absolute atomic E-state index is 11.8. The number of nitrogens with one attached hydrogen (secondary N) is 1. The van der Waals surface area contributed by atoms with Gasteiger partial charge in [-0.05, 0) is 58.0 Å². The molecule has 2 aliphatic rings. The van der Waals surface area contributed by atoms with E-state index in [9.17, 15) is 8.42 Å². The van der Waals surface area contributed by atoms with Gasteiger partial charge in [-0.1, -0.05) is 13.3 Å². The molecule has 21 heavy (non-hydrogen) atoms. The summed E-state index contributed by atoms with van der Waals surface area (Å²) in [4.78, 5) is 2.58. The molecule has 0 bridgehead atoms. The number of piperidine rings is 1. The van der Waals surface area contributed by atoms with Crippen molar-refractivity contribution in [3.05, 3.63) is 0 Å². The Balaban J connectivity index is 1.94. The Hall–Kier alpha value is -0.130. The zero-order valence-electron chi connectivity index (χ0n) is 13.8. The Morgan fingerprint density at radius 1 is 1.24 bits per heavy atom. The highest BCUT2D eigenvalue weighted by molar-refractivity contribution is 7.91. The summed E-state index contributed by atoms with van der Waals surface area (Å²) >= 11 is 0. The Kier molecular flexibility index (Phi) is 6.09. The molecule has 5 heteroatoms. The van der Waals surface area contributed by atoms with E-state index < -0.39 is 9.84 Å². The average molecular weight is 317 g/mol. The third-order valence-electron chi connectivity index (χ3n) is 5.44. The van der Waals surface area contributed by atoms with E-state index in [1.54, 1.807) is 0 Å². The molecule has 1 aliphatic heterocycles. The predicted molar refractivity (Wildman–Crippen MR) is 88.3 cm³/mol. The van der Waals surface area contributed by atoms with Crippen LogP contribution in [0, 0.1) is 5.92 Å². The number of rotatable bonds is 5. The Bertz CT molecular complexity index is 424. The van der Waals surface area contributed by atoms with Gasteiger partial charge in [-0.3, -0.25) is 0 Å². The van der Waals surface area contributed by atoms with Crippen molar-refractivity contribution in [1.29, 1.82) is 0 Å². The Morgan fingerprint density at radius 3 is 2.67 bits per heavy atom. The fourth-order valence-electron chi connectivity index (χ4n) is 4.11. The molecular weight excluding hydrogens is 284 g/mol. The Morgan fingerprint density at radius 2 is 2.00 bits per heavy atom. The summed E-state index contributed by atoms with van der Waals surface area (Å²) in [5, 5.41) is 3.44. The highest BCUT2D eigenvalue weighted by atomic mass is 32.2. The van der Waals surface area contributed by atoms with Gasteiger partial charge in [0.25, 0.3) is 0 Å². The minimum Gasteiger partial charge on any atom is -0.314 e. The van der Waals surface area contributed by atoms with Gasteiger partial charge in [0.2, 0.25) is 0 Å². The summed E-state index contributed by atoms with van der Waals surface area (Å²) in [5.41, 5.74) is 0. The molecule has 4 unspecified atom stereocenters. The van der Waals surface area contributed by atoms with Crippen molar-refractivity contribution in [3.63, 3.8) is 0 Å². The van der Waals surface area contributed by atoms with E-state index in [2.05, 4.69) is 24.1 Å². The van der Waals surface area contributed by atoms with Crippen molar-refractivity contribution in [2.75, 3.05) is 25.9 Å². The molecule has 0 aromatic rings. The fourth-order valence-corrected chi connectivity index (χ4v) is 5.28. The van der Waals surface area contributed by atoms with Crippen LogP contribution in [-0.4, -0.2) is 56.5 Å². The van der Waals surface area contributed by atoms with Crippen LogP contribution in [0.1, 0.15) is 52.4 Å². The summed E-state index contributed by atoms with van der Waals surface area (Å²) in [6, 6.07) is 1.04. The topological polar surface area (TPSA) is 49.4 Å². The molecule has 1 saturated heterocycles. The summed E-state index contributed by atoms with van der Waals surface area (Å²) in [5.74, 6) is 0.706. The van der Waals surface area contributed by atoms with Crippen LogP contribution >= 0.6 is 0 Å². The van der Waals surface area contributed by atoms with Crippen LogP contribution in [-0.2, 0) is 9.84 Å². The standard InChI is InChI=1S/C16H32N2O2S/c1-4-17-13(2)14-7-6-10-18(12-14)15-8-5-9-16(11-15)21(3,19)20/h13-17H,4-12H2,1-3H3. The van der Waals surface area contributed by atoms with E-state index in [0.717, 1.165) is 38.9 Å². The second kappa shape index (κ2) is 7.42. The molecule has 0 aromatic heterocycles. The molecule has 124 valence electrons. The van der Waals surface area contributed by atoms with Gasteiger partial charge in [0.1, 0.15) is 9.84 Å². The lowest BCUT2D eigenvalue weighted by atomic mass is 9.87. The van der Waals surface area contributed by atoms with Gasteiger partial charge in [0.05, 0.1) is 5.25 Å². The van der Waals surface area contributed by atoms with Crippen LogP contribution in [0.15, 0.2) is 0 Å². The highest BCUT2D eigenvalue weighted by Crippen LogP contribution is 2.30. The third kappa shape index (κ3) is 4.67. The van der Waals surface area contributed by atoms with Crippen molar-refractivity contribution >= 4 is 9.84 Å². The van der Waals surface area contributed by atoms with Crippen molar-refractivity contribution in [2.24, 2.45) is 5.92 Å². The number of nitrogens with zero attached hydrogens (tertiary/aromatic N) is 1. The molecular formula is C16H32N2O2S. The smallest absolute Gasteiger partial charge is 0.150 e. The normalized spacial score (nSPS) is 33.8. The maximum Gasteiger partial charge on any atom is 0.150 e. The quantitative estimate of drug-likeness (QED) is 0.843. The molecule has 0 radical (unpaired) electrons. The van der Waals surface area contributed by atoms with E-state index >= 15 is 0 Å². The van der Waals surface area contributed by atoms with Gasteiger partial charge in [-0.2, -0.15) is 0 Å². The third-order valence-corrected chi connectivity index (χ3v) is 7.08. The summed E-state index contributed by atoms with van der Waals surface area (Å²) < 4.78 is 23.7. The molecule has 0 amide bonds. The summed E-state index contributed by atoms with van der Waals surface area (Å²) in [6.07, 6.45) is 7.90. The van der Waals surface area contributed by atoms with Crippen LogP contribution < -0.4 is 5.32 Å². The van der Waals surface area contributed by atoms with Gasteiger partial charge >= 0.3 is 0 Å². The lowest BCUT2D eigenvalue weighted by Gasteiger charge is -2.43. The molecule has 4 nitrogen and oxygen atoms in total. The maximum atomic E-state index is 11.8. The van der Waals surface area contributed by atoms with Gasteiger partial charge < -0.3 is 10.2 Å². The van der Waals surface area contributed by atoms with Crippen LogP contribution in [0.25, 0.3) is 0 Å². The predicted octanol–water partition coefficient (Wildman–Crippen LogP) is 2.05. The zero-order chi connectivity index (χ0) is 15.5. The van der Waals surface area contributed by atoms with E-state index in [1.807, 2.05) is 0 Å². The molecule has 2 rings (SSSR count). The van der Waals surface area contributed by atoms with Crippen molar-refractivity contribution in [3.8, 4) is 0 Å². The van der Waals surface area contributed by atoms with Crippen LogP contribution in [0.5, 0.6) is 0 Å². The molecule has 1 aliphatic carbocycles. The molecule has 1 saturated carbocycles. The molecule has 2 fully saturated rings. The molecule has 4 atom stereocenters. The van der Waals surface area contributed by atoms with Crippen LogP contribution in [0.2, 0.25) is 0 Å². The second-order valence-electron chi connectivity index (χ2n) is 7.02. The van der Waals surface area contributed by atoms with Gasteiger partial charge in [0, 0.05) is 24.9 Å². The second-order valence-corrected chi connectivity index (χ2v) is 9.34. The zero-order valence-corrected chi connectivity index (χ0v) is 14.7. The molecule has 1 N–H and O–H groups in total. The molecule has 1 heterocycles. The van der Waals surface area contributed by atoms with E-state index in [-0.39, 0.29) is 5.25 Å². The van der Waals surface area contributed by atoms with Gasteiger partial charge in [-0.25, -0.2) is 8.42 Å². The van der Waals surface area contributed by atoms with Crippen molar-refractivity contribution in [2.45, 2.75) is 69.7 Å². The van der Waals surface area contributed by atoms with Crippen LogP contribution in [0.4, 0.5) is 0 Å². The first kappa shape index (κ1) is 17.2. The summed E-state index contributed by atoms with van der Waals surface area (Å²) in [6.45, 7) is 7.76. The highest BCUT2D eigenvalue weighted by Gasteiger charge is 2.34. The SMILES string of the molecule is CCNC(C)C1CCCN(C2CCCC(S(C)(=O)=O)C2)C1. The lowest BCUT2D eigenvalue weighted by Crippen LogP contribution is -2.50. The van der Waals surface area contributed by atoms with Crippen molar-refractivity contribution in [1.82, 2.24) is 10.2 Å². The number of hydrogen-bond acceptors (Lipinski definition) is 4. The number of hydrogen-bond donors (Lipinski definition) is 1. The van der Waals surface area contributed by atoms with E-state index in [0.29, 0.717) is 18.0 Å². The van der Waals surface area contributed by atoms with Gasteiger partial charge in [-0.15, -0.1) is 0 Å².